The summed E-state index contributed by atoms with van der Waals surface area (Å²) in [7, 11) is 0. The molecule has 0 saturated carbocycles. The third kappa shape index (κ3) is 2.41. The van der Waals surface area contributed by atoms with Gasteiger partial charge in [-0.2, -0.15) is 0 Å². The molecule has 0 aliphatic carbocycles. The van der Waals surface area contributed by atoms with Gasteiger partial charge in [-0.05, 0) is 58.8 Å². The van der Waals surface area contributed by atoms with Gasteiger partial charge in [-0.15, -0.1) is 0 Å². The van der Waals surface area contributed by atoms with E-state index in [1.165, 1.54) is 60.9 Å². The van der Waals surface area contributed by atoms with E-state index in [9.17, 15) is 0 Å². The number of anilines is 3. The second-order valence-electron chi connectivity index (χ2n) is 10.2. The maximum absolute atomic E-state index is 5.07. The first-order chi connectivity index (χ1) is 17.7. The van der Waals surface area contributed by atoms with E-state index in [4.69, 9.17) is 4.98 Å². The number of aromatic nitrogens is 2. The summed E-state index contributed by atoms with van der Waals surface area (Å²) in [5.41, 5.74) is 12.6. The number of benzene rings is 4. The van der Waals surface area contributed by atoms with Crippen LogP contribution in [0.2, 0.25) is 0 Å². The first-order valence-electron chi connectivity index (χ1n) is 12.7. The molecule has 170 valence electrons. The van der Waals surface area contributed by atoms with Crippen molar-refractivity contribution in [1.82, 2.24) is 9.46 Å². The molecule has 4 aromatic carbocycles. The fraction of sp³-hybridized carbons (Fsp3) is 0.0938. The first kappa shape index (κ1) is 19.9. The van der Waals surface area contributed by atoms with Gasteiger partial charge in [-0.25, -0.2) is 0 Å². The Kier molecular flexibility index (Phi) is 3.94. The Labute approximate surface area is 210 Å². The zero-order valence-corrected chi connectivity index (χ0v) is 20.3. The van der Waals surface area contributed by atoms with E-state index in [1.807, 2.05) is 6.20 Å². The van der Waals surface area contributed by atoms with Crippen molar-refractivity contribution < 1.29 is 0 Å². The van der Waals surface area contributed by atoms with E-state index in [1.54, 1.807) is 0 Å². The molecule has 0 unspecified atom stereocenters. The molecule has 0 atom stereocenters. The molecule has 4 heterocycles. The number of hydrogen-bond acceptors (Lipinski definition) is 2. The molecule has 6 aromatic rings. The molecule has 0 N–H and O–H groups in total. The van der Waals surface area contributed by atoms with Crippen molar-refractivity contribution >= 4 is 56.6 Å². The Morgan fingerprint density at radius 1 is 0.722 bits per heavy atom. The van der Waals surface area contributed by atoms with Crippen molar-refractivity contribution in [2.45, 2.75) is 19.8 Å². The van der Waals surface area contributed by atoms with Crippen LogP contribution in [0.1, 0.15) is 25.3 Å². The molecule has 36 heavy (non-hydrogen) atoms. The highest BCUT2D eigenvalue weighted by Crippen LogP contribution is 2.46. The lowest BCUT2D eigenvalue weighted by Gasteiger charge is -2.41. The van der Waals surface area contributed by atoms with Gasteiger partial charge in [0.25, 0.3) is 0 Å². The fourth-order valence-electron chi connectivity index (χ4n) is 6.57. The van der Waals surface area contributed by atoms with E-state index in [-0.39, 0.29) is 6.85 Å². The van der Waals surface area contributed by atoms with Crippen molar-refractivity contribution in [2.24, 2.45) is 0 Å². The summed E-state index contributed by atoms with van der Waals surface area (Å²) < 4.78 is 2.56. The molecular weight excluding hydrogens is 437 g/mol. The Morgan fingerprint density at radius 3 is 2.36 bits per heavy atom. The molecule has 2 aliphatic heterocycles. The molecule has 8 rings (SSSR count). The average molecular weight is 461 g/mol. The quantitative estimate of drug-likeness (QED) is 0.266. The van der Waals surface area contributed by atoms with Gasteiger partial charge in [0.1, 0.15) is 0 Å². The van der Waals surface area contributed by atoms with Gasteiger partial charge in [0.05, 0.1) is 11.2 Å². The van der Waals surface area contributed by atoms with Crippen molar-refractivity contribution in [3.8, 4) is 11.3 Å². The van der Waals surface area contributed by atoms with E-state index in [2.05, 4.69) is 120 Å². The largest absolute Gasteiger partial charge is 0.374 e. The van der Waals surface area contributed by atoms with Gasteiger partial charge < -0.3 is 9.38 Å². The molecule has 3 nitrogen and oxygen atoms in total. The van der Waals surface area contributed by atoms with Gasteiger partial charge in [-0.3, -0.25) is 4.98 Å². The van der Waals surface area contributed by atoms with Gasteiger partial charge in [0.15, 0.2) is 0 Å². The maximum atomic E-state index is 5.07. The van der Waals surface area contributed by atoms with Crippen molar-refractivity contribution in [2.75, 3.05) is 4.90 Å². The average Bonchev–Trinajstić information content (AvgIpc) is 3.26. The van der Waals surface area contributed by atoms with Crippen LogP contribution in [-0.4, -0.2) is 16.3 Å². The lowest BCUT2D eigenvalue weighted by atomic mass is 9.45. The number of fused-ring (bicyclic) bond motifs is 7. The monoisotopic (exact) mass is 461 g/mol. The minimum absolute atomic E-state index is 0.0870. The van der Waals surface area contributed by atoms with Crippen LogP contribution in [0.15, 0.2) is 103 Å². The molecule has 2 aliphatic rings. The van der Waals surface area contributed by atoms with E-state index >= 15 is 0 Å². The third-order valence-electron chi connectivity index (χ3n) is 7.99. The SMILES string of the molecule is CC(C)c1ccc2c3c1-c1nccc4c5ccccc5n(c14)B3c1ccccc1N2c1ccccc1. The van der Waals surface area contributed by atoms with Crippen LogP contribution in [0.3, 0.4) is 0 Å². The smallest absolute Gasteiger partial charge is 0.333 e. The summed E-state index contributed by atoms with van der Waals surface area (Å²) in [5, 5.41) is 2.57. The Balaban J connectivity index is 1.60. The summed E-state index contributed by atoms with van der Waals surface area (Å²) in [5.74, 6) is 0.390. The maximum Gasteiger partial charge on any atom is 0.333 e. The van der Waals surface area contributed by atoms with Crippen molar-refractivity contribution in [3.63, 3.8) is 0 Å². The summed E-state index contributed by atoms with van der Waals surface area (Å²) in [6, 6.07) is 35.3. The fourth-order valence-corrected chi connectivity index (χ4v) is 6.57. The molecule has 0 spiro atoms. The highest BCUT2D eigenvalue weighted by molar-refractivity contribution is 6.90. The number of hydrogen-bond donors (Lipinski definition) is 0. The lowest BCUT2D eigenvalue weighted by molar-refractivity contribution is 0.868. The highest BCUT2D eigenvalue weighted by atomic mass is 15.2. The standard InChI is InChI=1S/C32H24BN3/c1-20(2)22-16-17-28-30-29(22)31-32-24(18-19-34-31)23-12-6-8-14-26(23)36(32)33(30)25-13-7-9-15-27(25)35(28)21-10-4-3-5-11-21/h3-20H,1-2H3. The Bertz CT molecular complexity index is 1830. The first-order valence-corrected chi connectivity index (χ1v) is 12.7. The van der Waals surface area contributed by atoms with Crippen LogP contribution in [0.25, 0.3) is 33.1 Å². The molecule has 4 heteroatoms. The zero-order valence-electron chi connectivity index (χ0n) is 20.3. The van der Waals surface area contributed by atoms with E-state index in [0.717, 1.165) is 5.69 Å². The topological polar surface area (TPSA) is 21.1 Å². The Hall–Kier alpha value is -4.31. The predicted molar refractivity (Wildman–Crippen MR) is 152 cm³/mol. The van der Waals surface area contributed by atoms with Gasteiger partial charge in [0, 0.05) is 45.1 Å². The van der Waals surface area contributed by atoms with E-state index < -0.39 is 0 Å². The predicted octanol–water partition coefficient (Wildman–Crippen LogP) is 6.73. The van der Waals surface area contributed by atoms with Crippen LogP contribution in [0, 0.1) is 0 Å². The van der Waals surface area contributed by atoms with E-state index in [0.29, 0.717) is 5.92 Å². The highest BCUT2D eigenvalue weighted by Gasteiger charge is 2.43. The number of para-hydroxylation sites is 3. The molecule has 0 bridgehead atoms. The summed E-state index contributed by atoms with van der Waals surface area (Å²) >= 11 is 0. The number of rotatable bonds is 2. The summed E-state index contributed by atoms with van der Waals surface area (Å²) in [6.45, 7) is 4.68. The van der Waals surface area contributed by atoms with Gasteiger partial charge >= 0.3 is 6.85 Å². The molecule has 0 saturated heterocycles. The Morgan fingerprint density at radius 2 is 1.50 bits per heavy atom. The molecule has 0 fully saturated rings. The molecular formula is C32H24BN3. The second-order valence-corrected chi connectivity index (χ2v) is 10.2. The van der Waals surface area contributed by atoms with Crippen LogP contribution >= 0.6 is 0 Å². The summed E-state index contributed by atoms with van der Waals surface area (Å²) in [4.78, 5) is 7.50. The minimum Gasteiger partial charge on any atom is -0.374 e. The van der Waals surface area contributed by atoms with Gasteiger partial charge in [-0.1, -0.05) is 74.5 Å². The second kappa shape index (κ2) is 7.11. The van der Waals surface area contributed by atoms with Crippen LogP contribution in [0.5, 0.6) is 0 Å². The van der Waals surface area contributed by atoms with Crippen LogP contribution in [0.4, 0.5) is 17.1 Å². The normalized spacial score (nSPS) is 13.4. The summed E-state index contributed by atoms with van der Waals surface area (Å²) in [6.07, 6.45) is 1.99. The minimum atomic E-state index is 0.0870. The third-order valence-corrected chi connectivity index (χ3v) is 7.99. The lowest BCUT2D eigenvalue weighted by Crippen LogP contribution is -2.57. The number of pyridine rings is 1. The molecule has 2 aromatic heterocycles. The number of nitrogens with zero attached hydrogens (tertiary/aromatic N) is 3. The zero-order chi connectivity index (χ0) is 24.0. The van der Waals surface area contributed by atoms with Crippen LogP contribution < -0.4 is 15.8 Å². The van der Waals surface area contributed by atoms with Gasteiger partial charge in [0.2, 0.25) is 0 Å². The molecule has 0 radical (unpaired) electrons. The van der Waals surface area contributed by atoms with Crippen molar-refractivity contribution in [1.29, 1.82) is 0 Å². The van der Waals surface area contributed by atoms with Crippen molar-refractivity contribution in [3.05, 3.63) is 109 Å². The molecule has 0 amide bonds. The van der Waals surface area contributed by atoms with Crippen LogP contribution in [-0.2, 0) is 0 Å².